The number of fused-ring (bicyclic) bond motifs is 1. The van der Waals surface area contributed by atoms with Gasteiger partial charge < -0.3 is 20.3 Å². The highest BCUT2D eigenvalue weighted by molar-refractivity contribution is 7.92. The van der Waals surface area contributed by atoms with E-state index in [1.165, 1.54) is 19.2 Å². The fourth-order valence-corrected chi connectivity index (χ4v) is 4.43. The molecule has 0 saturated carbocycles. The van der Waals surface area contributed by atoms with E-state index in [1.807, 2.05) is 0 Å². The van der Waals surface area contributed by atoms with Crippen LogP contribution in [0.1, 0.15) is 12.8 Å². The van der Waals surface area contributed by atoms with Crippen molar-refractivity contribution in [2.45, 2.75) is 23.8 Å². The van der Waals surface area contributed by atoms with E-state index in [9.17, 15) is 17.6 Å². The Morgan fingerprint density at radius 3 is 2.79 bits per heavy atom. The predicted molar refractivity (Wildman–Crippen MR) is 99.6 cm³/mol. The van der Waals surface area contributed by atoms with Gasteiger partial charge in [-0.25, -0.2) is 12.8 Å². The average Bonchev–Trinajstić information content (AvgIpc) is 2.65. The van der Waals surface area contributed by atoms with Crippen molar-refractivity contribution in [3.05, 3.63) is 42.2 Å². The first kappa shape index (κ1) is 19.7. The zero-order valence-corrected chi connectivity index (χ0v) is 15.8. The lowest BCUT2D eigenvalue weighted by molar-refractivity contribution is -0.137. The summed E-state index contributed by atoms with van der Waals surface area (Å²) in [7, 11) is -2.87. The van der Waals surface area contributed by atoms with Crippen molar-refractivity contribution in [2.75, 3.05) is 23.7 Å². The molecule has 2 aromatic carbocycles. The lowest BCUT2D eigenvalue weighted by Crippen LogP contribution is -2.43. The molecule has 1 unspecified atom stereocenters. The molecular weight excluding hydrogens is 391 g/mol. The van der Waals surface area contributed by atoms with Crippen molar-refractivity contribution in [1.29, 1.82) is 0 Å². The molecule has 1 aliphatic rings. The molecule has 3 N–H and O–H groups in total. The summed E-state index contributed by atoms with van der Waals surface area (Å²) in [6, 6.07) is 7.80. The molecule has 0 fully saturated rings. The molecule has 10 heteroatoms. The zero-order chi connectivity index (χ0) is 20.5. The summed E-state index contributed by atoms with van der Waals surface area (Å²) < 4.78 is 52.0. The van der Waals surface area contributed by atoms with Crippen LogP contribution in [0.3, 0.4) is 0 Å². The van der Waals surface area contributed by atoms with Crippen molar-refractivity contribution in [3.63, 3.8) is 0 Å². The molecule has 28 heavy (non-hydrogen) atoms. The third kappa shape index (κ3) is 3.81. The van der Waals surface area contributed by atoms with Gasteiger partial charge in [-0.15, -0.1) is 0 Å². The molecule has 1 heterocycles. The van der Waals surface area contributed by atoms with Gasteiger partial charge in [0.25, 0.3) is 10.0 Å². The smallest absolute Gasteiger partial charge is 0.303 e. The van der Waals surface area contributed by atoms with Gasteiger partial charge in [-0.1, -0.05) is 0 Å². The summed E-state index contributed by atoms with van der Waals surface area (Å²) in [6.45, 7) is -0.105. The van der Waals surface area contributed by atoms with Crippen molar-refractivity contribution in [3.8, 4) is 11.5 Å². The first-order chi connectivity index (χ1) is 13.2. The Bertz CT molecular complexity index is 1010. The van der Waals surface area contributed by atoms with Gasteiger partial charge in [0.15, 0.2) is 11.6 Å². The first-order valence-electron chi connectivity index (χ1n) is 8.36. The quantitative estimate of drug-likeness (QED) is 0.701. The molecule has 8 nitrogen and oxygen atoms in total. The largest absolute Gasteiger partial charge is 0.494 e. The summed E-state index contributed by atoms with van der Waals surface area (Å²) in [5, 5.41) is 8.91. The number of carbonyl (C=O) groups is 1. The number of nitrogens with two attached hydrogens (primary N) is 1. The Kier molecular flexibility index (Phi) is 5.32. The maximum Gasteiger partial charge on any atom is 0.303 e. The molecule has 0 radical (unpaired) electrons. The highest BCUT2D eigenvalue weighted by Crippen LogP contribution is 2.39. The van der Waals surface area contributed by atoms with Gasteiger partial charge in [-0.05, 0) is 36.8 Å². The van der Waals surface area contributed by atoms with E-state index in [1.54, 1.807) is 6.07 Å². The van der Waals surface area contributed by atoms with Crippen LogP contribution in [0.5, 0.6) is 11.5 Å². The number of halogens is 1. The number of methoxy groups -OCH3 is 1. The molecule has 0 spiro atoms. The lowest BCUT2D eigenvalue weighted by Gasteiger charge is -2.35. The highest BCUT2D eigenvalue weighted by Gasteiger charge is 2.35. The van der Waals surface area contributed by atoms with Crippen LogP contribution in [0, 0.1) is 5.82 Å². The van der Waals surface area contributed by atoms with E-state index in [4.69, 9.17) is 20.3 Å². The molecule has 0 bridgehead atoms. The minimum absolute atomic E-state index is 0.105. The average molecular weight is 410 g/mol. The van der Waals surface area contributed by atoms with Gasteiger partial charge in [0, 0.05) is 18.2 Å². The number of carboxylic acid groups (broad SMARTS) is 1. The minimum Gasteiger partial charge on any atom is -0.494 e. The summed E-state index contributed by atoms with van der Waals surface area (Å²) in [5.74, 6) is -1.63. The zero-order valence-electron chi connectivity index (χ0n) is 15.0. The number of anilines is 2. The van der Waals surface area contributed by atoms with Crippen molar-refractivity contribution < 1.29 is 32.2 Å². The molecule has 3 rings (SSSR count). The van der Waals surface area contributed by atoms with Crippen molar-refractivity contribution in [2.24, 2.45) is 0 Å². The van der Waals surface area contributed by atoms with E-state index in [-0.39, 0.29) is 41.5 Å². The second-order valence-corrected chi connectivity index (χ2v) is 8.09. The maximum atomic E-state index is 13.7. The van der Waals surface area contributed by atoms with Gasteiger partial charge in [0.2, 0.25) is 0 Å². The molecule has 1 atom stereocenters. The van der Waals surface area contributed by atoms with Gasteiger partial charge in [-0.3, -0.25) is 9.10 Å². The molecule has 150 valence electrons. The number of hydrogen-bond donors (Lipinski definition) is 2. The molecule has 0 saturated heterocycles. The summed E-state index contributed by atoms with van der Waals surface area (Å²) >= 11 is 0. The van der Waals surface area contributed by atoms with E-state index >= 15 is 0 Å². The van der Waals surface area contributed by atoms with Crippen molar-refractivity contribution >= 4 is 27.4 Å². The molecular formula is C18H19FN2O6S. The fraction of sp³-hybridized carbons (Fsp3) is 0.278. The molecule has 2 aromatic rings. The van der Waals surface area contributed by atoms with Crippen LogP contribution in [0.2, 0.25) is 0 Å². The minimum atomic E-state index is -4.11. The number of ether oxygens (including phenoxy) is 2. The summed E-state index contributed by atoms with van der Waals surface area (Å²) in [4.78, 5) is 10.7. The van der Waals surface area contributed by atoms with Gasteiger partial charge >= 0.3 is 5.97 Å². The van der Waals surface area contributed by atoms with Crippen molar-refractivity contribution in [1.82, 2.24) is 0 Å². The number of hydrogen-bond acceptors (Lipinski definition) is 6. The molecule has 0 aromatic heterocycles. The third-order valence-corrected chi connectivity index (χ3v) is 6.08. The summed E-state index contributed by atoms with van der Waals surface area (Å²) in [6.07, 6.45) is -0.713. The SMILES string of the molecule is COc1cc(S(=O)(=O)N2CC(CCC(=O)O)Oc3ccc(N)cc32)ccc1F. The number of carboxylic acids is 1. The van der Waals surface area contributed by atoms with Gasteiger partial charge in [-0.2, -0.15) is 0 Å². The number of aliphatic carboxylic acids is 1. The Hall–Kier alpha value is -3.01. The number of benzene rings is 2. The third-order valence-electron chi connectivity index (χ3n) is 4.31. The van der Waals surface area contributed by atoms with Gasteiger partial charge in [0.05, 0.1) is 24.2 Å². The van der Waals surface area contributed by atoms with E-state index < -0.39 is 27.9 Å². The van der Waals surface area contributed by atoms with Crippen LogP contribution in [-0.2, 0) is 14.8 Å². The fourth-order valence-electron chi connectivity index (χ4n) is 2.92. The van der Waals surface area contributed by atoms with Gasteiger partial charge in [0.1, 0.15) is 11.9 Å². The second kappa shape index (κ2) is 7.55. The first-order valence-corrected chi connectivity index (χ1v) is 9.80. The molecule has 1 aliphatic heterocycles. The standard InChI is InChI=1S/C18H19FN2O6S/c1-26-17-9-13(4-5-14(17)19)28(24,25)21-10-12(3-7-18(22)23)27-16-6-2-11(20)8-15(16)21/h2,4-6,8-9,12H,3,7,10,20H2,1H3,(H,22,23). The lowest BCUT2D eigenvalue weighted by atomic mass is 10.1. The maximum absolute atomic E-state index is 13.7. The molecule has 0 aliphatic carbocycles. The highest BCUT2D eigenvalue weighted by atomic mass is 32.2. The van der Waals surface area contributed by atoms with Crippen LogP contribution in [-0.4, -0.2) is 39.3 Å². The Labute approximate surface area is 161 Å². The van der Waals surface area contributed by atoms with E-state index in [2.05, 4.69) is 0 Å². The predicted octanol–water partition coefficient (Wildman–Crippen LogP) is 2.24. The Balaban J connectivity index is 2.04. The van der Waals surface area contributed by atoms with Crippen LogP contribution < -0.4 is 19.5 Å². The van der Waals surface area contributed by atoms with Crippen LogP contribution in [0.15, 0.2) is 41.3 Å². The van der Waals surface area contributed by atoms with Crippen LogP contribution >= 0.6 is 0 Å². The number of sulfonamides is 1. The monoisotopic (exact) mass is 410 g/mol. The summed E-state index contributed by atoms with van der Waals surface area (Å²) in [5.41, 5.74) is 6.37. The number of rotatable bonds is 6. The Morgan fingerprint density at radius 2 is 2.11 bits per heavy atom. The second-order valence-electron chi connectivity index (χ2n) is 6.23. The van der Waals surface area contributed by atoms with E-state index in [0.717, 1.165) is 22.5 Å². The van der Waals surface area contributed by atoms with E-state index in [0.29, 0.717) is 5.69 Å². The van der Waals surface area contributed by atoms with Crippen LogP contribution in [0.25, 0.3) is 0 Å². The number of nitrogens with zero attached hydrogens (tertiary/aromatic N) is 1. The Morgan fingerprint density at radius 1 is 1.36 bits per heavy atom. The molecule has 0 amide bonds. The normalized spacial score (nSPS) is 16.2. The van der Waals surface area contributed by atoms with Crippen LogP contribution in [0.4, 0.5) is 15.8 Å². The topological polar surface area (TPSA) is 119 Å². The number of nitrogen functional groups attached to an aromatic ring is 1.